The minimum atomic E-state index is -4.12. The van der Waals surface area contributed by atoms with E-state index in [9.17, 15) is 42.1 Å². The summed E-state index contributed by atoms with van der Waals surface area (Å²) >= 11 is 0. The number of H-pyrrole nitrogens is 3. The molecule has 0 aliphatic rings. The molecule has 11 N–H and O–H groups in total. The van der Waals surface area contributed by atoms with Gasteiger partial charge in [0.2, 0.25) is 0 Å². The van der Waals surface area contributed by atoms with Gasteiger partial charge in [-0.1, -0.05) is 74.9 Å². The number of aromatic amines is 3. The number of aromatic hydroxyl groups is 1. The van der Waals surface area contributed by atoms with Gasteiger partial charge in [0.1, 0.15) is 73.2 Å². The molecule has 0 aliphatic heterocycles. The number of aromatic carboxylic acids is 1. The first-order chi connectivity index (χ1) is 49.8. The molecule has 28 nitrogen and oxygen atoms in total. The highest BCUT2D eigenvalue weighted by molar-refractivity contribution is 8.12. The van der Waals surface area contributed by atoms with Crippen LogP contribution in [0.5, 0.6) is 34.5 Å². The number of nitroso groups, excluding NO2 is 2. The van der Waals surface area contributed by atoms with Crippen LogP contribution in [0.4, 0.5) is 20.1 Å². The van der Waals surface area contributed by atoms with E-state index in [2.05, 4.69) is 83.6 Å². The van der Waals surface area contributed by atoms with Gasteiger partial charge in [-0.05, 0) is 147 Å². The molecule has 0 saturated heterocycles. The van der Waals surface area contributed by atoms with E-state index in [0.717, 1.165) is 49.7 Å². The third-order valence-electron chi connectivity index (χ3n) is 13.9. The number of nitrogens with two attached hydrogens (primary N) is 3. The number of halogens is 1. The van der Waals surface area contributed by atoms with Gasteiger partial charge in [0.25, 0.3) is 0 Å². The molecular formula is C74H74ClN11O17S. The van der Waals surface area contributed by atoms with Crippen LogP contribution in [0, 0.1) is 9.81 Å². The maximum Gasteiger partial charge on any atom is 0.374 e. The lowest BCUT2D eigenvalue weighted by Gasteiger charge is -2.04. The lowest BCUT2D eigenvalue weighted by atomic mass is 10.1. The molecule has 30 heteroatoms. The minimum absolute atomic E-state index is 0.00199. The van der Waals surface area contributed by atoms with E-state index in [4.69, 9.17) is 56.0 Å². The summed E-state index contributed by atoms with van der Waals surface area (Å²) in [5.74, 6) is 2.47. The Kier molecular flexibility index (Phi) is 31.6. The molecule has 3 amide bonds. The number of hydrogen-bond acceptors (Lipinski definition) is 17. The lowest BCUT2D eigenvalue weighted by Crippen LogP contribution is -2.18. The molecule has 6 aromatic carbocycles. The van der Waals surface area contributed by atoms with Crippen LogP contribution in [-0.4, -0.2) is 117 Å². The largest absolute Gasteiger partial charge is 0.508 e. The van der Waals surface area contributed by atoms with E-state index >= 15 is 0 Å². The summed E-state index contributed by atoms with van der Waals surface area (Å²) in [6.07, 6.45) is 21.2. The van der Waals surface area contributed by atoms with Crippen LogP contribution in [0.15, 0.2) is 243 Å². The standard InChI is InChI=1S/C13H12N2O4.C13H12N2O3.C12H11N3O3.C12H11NO2.C11H11NO.C8H7NO.C5H10.ClNO3S/c1-2-5-19-8-3-4-11-9(6-8)10(12(16)17)7-15(11)13(14)18;1-2-5-18-10-3-4-12-11(6-10)9(8-16)7-15(12)13(14)17;1-2-5-18-8-3-4-11-9(6-8)10(14-17)7-15(11)12(13)16;1-2-5-15-10-3-4-12-11(6-10)9(8-14)7-13-12;1-2-7-13-10-3-4-11-9(8-10)5-6-12-11;10-7-1-2-8-6(5-7)3-4-9-8;1-4-5(2)3;1-6(4,5)2-3/h2-4,6-7H,1,5H2,(H2,14,18)(H,16,17);2-4,6-8H,1,5H2,(H2,14,17);2-4,6-7H,1,5H2,(H2,13,16);2-4,6-8,13H,1,5H2;2-6,8,12H,1,7H2;1-5,9-10H;4H,1-3H3;. The Morgan fingerprint density at radius 3 is 1.32 bits per heavy atom. The average molecular weight is 1460 g/mol. The van der Waals surface area contributed by atoms with Crippen LogP contribution in [0.2, 0.25) is 0 Å². The van der Waals surface area contributed by atoms with E-state index in [1.807, 2.05) is 73.9 Å². The van der Waals surface area contributed by atoms with Crippen LogP contribution in [-0.2, 0) is 9.24 Å². The zero-order chi connectivity index (χ0) is 76.5. The number of fused-ring (bicyclic) bond motifs is 6. The second kappa shape index (κ2) is 40.5. The third kappa shape index (κ3) is 23.8. The summed E-state index contributed by atoms with van der Waals surface area (Å²) in [5.41, 5.74) is 22.8. The van der Waals surface area contributed by atoms with Gasteiger partial charge >= 0.3 is 33.3 Å². The number of hydrogen-bond donors (Lipinski definition) is 8. The minimum Gasteiger partial charge on any atom is -0.508 e. The third-order valence-corrected chi connectivity index (χ3v) is 14.2. The Labute approximate surface area is 599 Å². The molecule has 6 heterocycles. The maximum atomic E-state index is 11.3. The quantitative estimate of drug-likeness (QED) is 0.0152. The Hall–Kier alpha value is -13.5. The number of benzene rings is 6. The average Bonchev–Trinajstić information content (AvgIpc) is 1.74. The summed E-state index contributed by atoms with van der Waals surface area (Å²) in [6, 6.07) is 33.5. The molecule has 0 unspecified atom stereocenters. The highest BCUT2D eigenvalue weighted by Gasteiger charge is 2.18. The predicted octanol–water partition coefficient (Wildman–Crippen LogP) is 15.7. The fraction of sp³-hybridized carbons (Fsp3) is 0.108. The number of carbonyl (C=O) groups is 6. The molecule has 12 aromatic rings. The SMILES string of the molecule is C=CCOc1ccc2[nH]cc(C=O)c2c1.C=CCOc1ccc2[nH]ccc2c1.C=CCOc1ccc2c(c1)c(C(=O)O)cn2C(N)=O.C=CCOc1ccc2c(c1)c(C=O)cn2C(N)=O.C=CCOc1ccc2c(c1)c(N=O)cn2C(N)=O.CC=C(C)C.O=NS(=O)(=O)Cl.Oc1ccc2[nH]ccc2c1. The van der Waals surface area contributed by atoms with Crippen molar-refractivity contribution in [3.05, 3.63) is 260 Å². The van der Waals surface area contributed by atoms with Crippen LogP contribution in [0.1, 0.15) is 51.8 Å². The van der Waals surface area contributed by atoms with E-state index in [1.165, 1.54) is 43.3 Å². The van der Waals surface area contributed by atoms with E-state index in [0.29, 0.717) is 106 Å². The van der Waals surface area contributed by atoms with Gasteiger partial charge in [0, 0.05) is 108 Å². The Balaban J connectivity index is 0.000000219. The van der Waals surface area contributed by atoms with Crippen LogP contribution in [0.25, 0.3) is 65.4 Å². The summed E-state index contributed by atoms with van der Waals surface area (Å²) in [4.78, 5) is 95.3. The number of nitrogens with one attached hydrogen (secondary N) is 3. The van der Waals surface area contributed by atoms with Crippen LogP contribution >= 0.6 is 10.7 Å². The number of phenols is 1. The van der Waals surface area contributed by atoms with Crippen LogP contribution < -0.4 is 40.9 Å². The number of nitrogens with zero attached hydrogens (tertiary/aromatic N) is 5. The fourth-order valence-electron chi connectivity index (χ4n) is 9.04. The van der Waals surface area contributed by atoms with Crippen molar-refractivity contribution in [2.24, 2.45) is 27.0 Å². The van der Waals surface area contributed by atoms with E-state index in [1.54, 1.807) is 103 Å². The monoisotopic (exact) mass is 1460 g/mol. The smallest absolute Gasteiger partial charge is 0.374 e. The number of aldehydes is 2. The van der Waals surface area contributed by atoms with Crippen molar-refractivity contribution in [3.8, 4) is 34.5 Å². The van der Waals surface area contributed by atoms with Crippen molar-refractivity contribution in [2.75, 3.05) is 33.0 Å². The van der Waals surface area contributed by atoms with Gasteiger partial charge in [-0.15, -0.1) is 9.81 Å². The van der Waals surface area contributed by atoms with Gasteiger partial charge in [-0.25, -0.2) is 19.2 Å². The Morgan fingerprint density at radius 1 is 0.519 bits per heavy atom. The highest BCUT2D eigenvalue weighted by atomic mass is 35.7. The lowest BCUT2D eigenvalue weighted by molar-refractivity contribution is 0.0698. The molecule has 0 saturated carbocycles. The van der Waals surface area contributed by atoms with Gasteiger partial charge < -0.3 is 66.1 Å². The molecule has 0 aliphatic carbocycles. The zero-order valence-corrected chi connectivity index (χ0v) is 58.0. The molecule has 12 rings (SSSR count). The Morgan fingerprint density at radius 2 is 0.894 bits per heavy atom. The van der Waals surface area contributed by atoms with Gasteiger partial charge in [0.05, 0.1) is 26.7 Å². The van der Waals surface area contributed by atoms with Crippen molar-refractivity contribution in [3.63, 3.8) is 0 Å². The summed E-state index contributed by atoms with van der Waals surface area (Å²) < 4.78 is 50.4. The number of rotatable bonds is 20. The van der Waals surface area contributed by atoms with Crippen molar-refractivity contribution >= 4 is 128 Å². The van der Waals surface area contributed by atoms with Gasteiger partial charge in [-0.2, -0.15) is 8.42 Å². The zero-order valence-electron chi connectivity index (χ0n) is 56.5. The Bertz CT molecular complexity index is 5090. The molecule has 104 heavy (non-hydrogen) atoms. The number of phenolic OH excluding ortho intramolecular Hbond substituents is 1. The fourth-order valence-corrected chi connectivity index (χ4v) is 9.04. The topological polar surface area (TPSA) is 422 Å². The summed E-state index contributed by atoms with van der Waals surface area (Å²) in [7, 11) is 0.0903. The van der Waals surface area contributed by atoms with Crippen molar-refractivity contribution in [2.45, 2.75) is 20.8 Å². The maximum absolute atomic E-state index is 11.3. The molecule has 6 aromatic heterocycles. The highest BCUT2D eigenvalue weighted by Crippen LogP contribution is 2.32. The number of carboxylic acid groups (broad SMARTS) is 1. The molecule has 0 atom stereocenters. The number of allylic oxidation sites excluding steroid dienone is 2. The number of carboxylic acids is 1. The van der Waals surface area contributed by atoms with Crippen molar-refractivity contribution in [1.82, 2.24) is 28.7 Å². The molecule has 0 radical (unpaired) electrons. The normalized spacial score (nSPS) is 10.1. The number of ether oxygens (including phenoxy) is 5. The number of carbonyl (C=O) groups excluding carboxylic acids is 5. The first-order valence-corrected chi connectivity index (χ1v) is 32.9. The predicted molar refractivity (Wildman–Crippen MR) is 405 cm³/mol. The van der Waals surface area contributed by atoms with Crippen molar-refractivity contribution in [1.29, 1.82) is 0 Å². The van der Waals surface area contributed by atoms with E-state index < -0.39 is 33.3 Å². The first kappa shape index (κ1) is 81.1. The second-order valence-corrected chi connectivity index (χ2v) is 23.4. The number of aromatic nitrogens is 6. The molecule has 0 bridgehead atoms. The molecular weight excluding hydrogens is 1380 g/mol. The first-order valence-electron chi connectivity index (χ1n) is 30.7. The summed E-state index contributed by atoms with van der Waals surface area (Å²) in [6.45, 7) is 26.0. The molecule has 0 fully saturated rings. The van der Waals surface area contributed by atoms with Crippen molar-refractivity contribution < 1.29 is 71.1 Å². The van der Waals surface area contributed by atoms with Crippen LogP contribution in [0.3, 0.4) is 0 Å². The molecule has 0 spiro atoms. The van der Waals surface area contributed by atoms with Gasteiger partial charge in [0.15, 0.2) is 12.6 Å². The number of amides is 3. The number of primary amides is 3. The van der Waals surface area contributed by atoms with E-state index in [-0.39, 0.29) is 11.3 Å². The molecule has 540 valence electrons. The van der Waals surface area contributed by atoms with Gasteiger partial charge in [-0.3, -0.25) is 23.3 Å². The second-order valence-electron chi connectivity index (χ2n) is 21.2. The summed E-state index contributed by atoms with van der Waals surface area (Å²) in [5, 5.41) is 25.7.